The van der Waals surface area contributed by atoms with Crippen LogP contribution in [0.4, 0.5) is 4.39 Å². The van der Waals surface area contributed by atoms with Crippen molar-refractivity contribution in [2.24, 2.45) is 11.8 Å². The minimum atomic E-state index is -0.667. The fourth-order valence-electron chi connectivity index (χ4n) is 2.92. The molecule has 0 unspecified atom stereocenters. The molecule has 0 spiro atoms. The molecule has 6 heteroatoms. The first-order chi connectivity index (χ1) is 11.5. The molecule has 5 nitrogen and oxygen atoms in total. The van der Waals surface area contributed by atoms with Crippen LogP contribution in [0.5, 0.6) is 5.75 Å². The van der Waals surface area contributed by atoms with E-state index in [0.29, 0.717) is 11.8 Å². The van der Waals surface area contributed by atoms with Crippen LogP contribution in [0.2, 0.25) is 0 Å². The number of halogens is 1. The summed E-state index contributed by atoms with van der Waals surface area (Å²) in [5.74, 6) is -0.196. The number of carbonyl (C=O) groups is 2. The monoisotopic (exact) mass is 337 g/mol. The maximum absolute atomic E-state index is 13.0. The summed E-state index contributed by atoms with van der Waals surface area (Å²) in [7, 11) is 0. The van der Waals surface area contributed by atoms with E-state index in [-0.39, 0.29) is 30.9 Å². The first kappa shape index (κ1) is 18.2. The van der Waals surface area contributed by atoms with Gasteiger partial charge in [-0.05, 0) is 30.4 Å². The van der Waals surface area contributed by atoms with E-state index < -0.39 is 11.8 Å². The molecule has 0 aromatic heterocycles. The van der Waals surface area contributed by atoms with Crippen molar-refractivity contribution in [1.29, 1.82) is 0 Å². The molecule has 24 heavy (non-hydrogen) atoms. The van der Waals surface area contributed by atoms with Gasteiger partial charge in [0.2, 0.25) is 0 Å². The molecule has 0 radical (unpaired) electrons. The predicted octanol–water partition coefficient (Wildman–Crippen LogP) is 2.69. The van der Waals surface area contributed by atoms with Crippen LogP contribution in [-0.2, 0) is 14.3 Å². The van der Waals surface area contributed by atoms with E-state index in [1.807, 2.05) is 0 Å². The lowest BCUT2D eigenvalue weighted by Crippen LogP contribution is -2.45. The predicted molar refractivity (Wildman–Crippen MR) is 87.0 cm³/mol. The van der Waals surface area contributed by atoms with Crippen molar-refractivity contribution in [3.05, 3.63) is 30.1 Å². The van der Waals surface area contributed by atoms with Crippen LogP contribution in [-0.4, -0.2) is 31.1 Å². The Morgan fingerprint density at radius 3 is 2.79 bits per heavy atom. The zero-order valence-electron chi connectivity index (χ0n) is 14.1. The highest BCUT2D eigenvalue weighted by molar-refractivity contribution is 5.81. The van der Waals surface area contributed by atoms with Gasteiger partial charge in [-0.1, -0.05) is 32.8 Å². The second kappa shape index (κ2) is 8.66. The highest BCUT2D eigenvalue weighted by atomic mass is 19.1. The average molecular weight is 337 g/mol. The van der Waals surface area contributed by atoms with Gasteiger partial charge < -0.3 is 14.8 Å². The summed E-state index contributed by atoms with van der Waals surface area (Å²) in [6.45, 7) is 3.62. The molecule has 0 bridgehead atoms. The SMILES string of the molecule is C[C@H]1[C@@H](NC(=O)COC(=O)COc2cccc(F)c2)CCC[C@@H]1C. The lowest BCUT2D eigenvalue weighted by Gasteiger charge is -2.34. The van der Waals surface area contributed by atoms with Gasteiger partial charge in [0, 0.05) is 12.1 Å². The summed E-state index contributed by atoms with van der Waals surface area (Å²) in [4.78, 5) is 23.5. The minimum Gasteiger partial charge on any atom is -0.482 e. The molecule has 0 aliphatic heterocycles. The number of ether oxygens (including phenoxy) is 2. The third-order valence-corrected chi connectivity index (χ3v) is 4.57. The van der Waals surface area contributed by atoms with Gasteiger partial charge in [-0.25, -0.2) is 9.18 Å². The van der Waals surface area contributed by atoms with E-state index in [1.54, 1.807) is 0 Å². The van der Waals surface area contributed by atoms with Gasteiger partial charge in [-0.15, -0.1) is 0 Å². The highest BCUT2D eigenvalue weighted by Gasteiger charge is 2.28. The summed E-state index contributed by atoms with van der Waals surface area (Å²) >= 11 is 0. The summed E-state index contributed by atoms with van der Waals surface area (Å²) in [5, 5.41) is 2.93. The fraction of sp³-hybridized carbons (Fsp3) is 0.556. The Bertz CT molecular complexity index is 578. The maximum Gasteiger partial charge on any atom is 0.344 e. The van der Waals surface area contributed by atoms with Crippen molar-refractivity contribution < 1.29 is 23.5 Å². The summed E-state index contributed by atoms with van der Waals surface area (Å²) in [5.41, 5.74) is 0. The van der Waals surface area contributed by atoms with Crippen LogP contribution < -0.4 is 10.1 Å². The molecular formula is C18H24FNO4. The third kappa shape index (κ3) is 5.51. The standard InChI is InChI=1S/C18H24FNO4/c1-12-5-3-8-16(13(12)2)20-17(21)10-24-18(22)11-23-15-7-4-6-14(19)9-15/h4,6-7,9,12-13,16H,3,5,8,10-11H2,1-2H3,(H,20,21)/t12-,13+,16-/m0/s1. The second-order valence-electron chi connectivity index (χ2n) is 6.35. The number of nitrogens with one attached hydrogen (secondary N) is 1. The van der Waals surface area contributed by atoms with Crippen molar-refractivity contribution in [3.63, 3.8) is 0 Å². The van der Waals surface area contributed by atoms with Gasteiger partial charge >= 0.3 is 5.97 Å². The van der Waals surface area contributed by atoms with E-state index in [9.17, 15) is 14.0 Å². The summed E-state index contributed by atoms with van der Waals surface area (Å²) in [6.07, 6.45) is 3.23. The van der Waals surface area contributed by atoms with Gasteiger partial charge in [0.05, 0.1) is 0 Å². The molecule has 2 rings (SSSR count). The third-order valence-electron chi connectivity index (χ3n) is 4.57. The molecule has 1 fully saturated rings. The molecule has 1 aromatic rings. The van der Waals surface area contributed by atoms with E-state index in [4.69, 9.17) is 9.47 Å². The molecular weight excluding hydrogens is 313 g/mol. The number of benzene rings is 1. The molecule has 1 aromatic carbocycles. The van der Waals surface area contributed by atoms with Crippen molar-refractivity contribution in [2.45, 2.75) is 39.2 Å². The first-order valence-electron chi connectivity index (χ1n) is 8.29. The van der Waals surface area contributed by atoms with Crippen LogP contribution in [0.15, 0.2) is 24.3 Å². The molecule has 1 aliphatic rings. The molecule has 0 heterocycles. The maximum atomic E-state index is 13.0. The number of amides is 1. The van der Waals surface area contributed by atoms with E-state index >= 15 is 0 Å². The summed E-state index contributed by atoms with van der Waals surface area (Å²) < 4.78 is 23.0. The Labute approximate surface area is 141 Å². The fourth-order valence-corrected chi connectivity index (χ4v) is 2.92. The average Bonchev–Trinajstić information content (AvgIpc) is 2.55. The van der Waals surface area contributed by atoms with Crippen LogP contribution in [0.1, 0.15) is 33.1 Å². The zero-order chi connectivity index (χ0) is 17.5. The van der Waals surface area contributed by atoms with Crippen molar-refractivity contribution in [3.8, 4) is 5.75 Å². The smallest absolute Gasteiger partial charge is 0.344 e. The van der Waals surface area contributed by atoms with E-state index in [0.717, 1.165) is 12.8 Å². The molecule has 3 atom stereocenters. The lowest BCUT2D eigenvalue weighted by atomic mass is 9.78. The Morgan fingerprint density at radius 1 is 1.25 bits per heavy atom. The van der Waals surface area contributed by atoms with Gasteiger partial charge in [0.25, 0.3) is 5.91 Å². The lowest BCUT2D eigenvalue weighted by molar-refractivity contribution is -0.150. The molecule has 1 aliphatic carbocycles. The number of hydrogen-bond acceptors (Lipinski definition) is 4. The Kier molecular flexibility index (Phi) is 6.58. The minimum absolute atomic E-state index is 0.128. The van der Waals surface area contributed by atoms with Crippen LogP contribution >= 0.6 is 0 Å². The Morgan fingerprint density at radius 2 is 2.04 bits per heavy atom. The van der Waals surface area contributed by atoms with E-state index in [1.165, 1.54) is 30.7 Å². The van der Waals surface area contributed by atoms with Gasteiger partial charge in [-0.2, -0.15) is 0 Å². The van der Waals surface area contributed by atoms with Crippen molar-refractivity contribution in [2.75, 3.05) is 13.2 Å². The second-order valence-corrected chi connectivity index (χ2v) is 6.35. The molecule has 1 saturated carbocycles. The Hall–Kier alpha value is -2.11. The highest BCUT2D eigenvalue weighted by Crippen LogP contribution is 2.29. The molecule has 1 N–H and O–H groups in total. The van der Waals surface area contributed by atoms with Crippen LogP contribution in [0.3, 0.4) is 0 Å². The first-order valence-corrected chi connectivity index (χ1v) is 8.29. The molecule has 132 valence electrons. The van der Waals surface area contributed by atoms with Crippen LogP contribution in [0.25, 0.3) is 0 Å². The van der Waals surface area contributed by atoms with Gasteiger partial charge in [0.15, 0.2) is 13.2 Å². The largest absolute Gasteiger partial charge is 0.482 e. The van der Waals surface area contributed by atoms with Gasteiger partial charge in [0.1, 0.15) is 11.6 Å². The van der Waals surface area contributed by atoms with Crippen molar-refractivity contribution in [1.82, 2.24) is 5.32 Å². The number of hydrogen-bond donors (Lipinski definition) is 1. The van der Waals surface area contributed by atoms with Crippen molar-refractivity contribution >= 4 is 11.9 Å². The Balaban J connectivity index is 1.68. The number of rotatable bonds is 6. The topological polar surface area (TPSA) is 64.6 Å². The quantitative estimate of drug-likeness (QED) is 0.811. The number of carbonyl (C=O) groups excluding carboxylic acids is 2. The van der Waals surface area contributed by atoms with E-state index in [2.05, 4.69) is 19.2 Å². The molecule has 1 amide bonds. The van der Waals surface area contributed by atoms with Gasteiger partial charge in [-0.3, -0.25) is 4.79 Å². The summed E-state index contributed by atoms with van der Waals surface area (Å²) in [6, 6.07) is 5.60. The normalized spacial score (nSPS) is 23.4. The number of esters is 1. The zero-order valence-corrected chi connectivity index (χ0v) is 14.1. The van der Waals surface area contributed by atoms with Crippen LogP contribution in [0, 0.1) is 17.7 Å². The molecule has 0 saturated heterocycles.